The van der Waals surface area contributed by atoms with Gasteiger partial charge < -0.3 is 19.1 Å². The van der Waals surface area contributed by atoms with E-state index in [9.17, 15) is 24.1 Å². The number of H-pyrrole nitrogens is 1. The summed E-state index contributed by atoms with van der Waals surface area (Å²) in [5, 5.41) is 13.0. The van der Waals surface area contributed by atoms with Crippen molar-refractivity contribution in [2.75, 3.05) is 13.2 Å². The normalized spacial score (nSPS) is 26.1. The molecule has 3 N–H and O–H groups in total. The van der Waals surface area contributed by atoms with Crippen molar-refractivity contribution in [2.45, 2.75) is 44.0 Å². The number of aromatic nitrogens is 2. The van der Waals surface area contributed by atoms with Gasteiger partial charge in [0.05, 0.1) is 6.61 Å². The molecule has 1 aliphatic rings. The number of esters is 1. The Balaban J connectivity index is 1.79. The minimum Gasteiger partial charge on any atom is -0.460 e. The number of hydrogen-bond donors (Lipinski definition) is 3. The summed E-state index contributed by atoms with van der Waals surface area (Å²) in [5.74, 6) is -0.623. The van der Waals surface area contributed by atoms with Crippen LogP contribution in [0.2, 0.25) is 0 Å². The van der Waals surface area contributed by atoms with E-state index in [4.69, 9.17) is 18.5 Å². The Morgan fingerprint density at radius 2 is 2.08 bits per heavy atom. The second kappa shape index (κ2) is 11.3. The summed E-state index contributed by atoms with van der Waals surface area (Å²) in [6.45, 7) is 5.10. The molecule has 0 bridgehead atoms. The molecule has 0 spiro atoms. The molecular formula is C22H27FN3O9P. The Hall–Kier alpha value is -3.09. The number of ether oxygens (including phenoxy) is 2. The summed E-state index contributed by atoms with van der Waals surface area (Å²) >= 11 is 0. The van der Waals surface area contributed by atoms with Crippen LogP contribution in [-0.4, -0.2) is 57.8 Å². The van der Waals surface area contributed by atoms with Gasteiger partial charge >= 0.3 is 19.4 Å². The zero-order valence-electron chi connectivity index (χ0n) is 19.5. The van der Waals surface area contributed by atoms with Crippen molar-refractivity contribution in [3.8, 4) is 5.75 Å². The zero-order chi connectivity index (χ0) is 26.5. The van der Waals surface area contributed by atoms with E-state index < -0.39 is 61.7 Å². The van der Waals surface area contributed by atoms with Crippen molar-refractivity contribution in [2.24, 2.45) is 0 Å². The predicted molar refractivity (Wildman–Crippen MR) is 125 cm³/mol. The van der Waals surface area contributed by atoms with Crippen LogP contribution in [0.25, 0.3) is 0 Å². The van der Waals surface area contributed by atoms with Crippen LogP contribution in [0.5, 0.6) is 5.75 Å². The Kier molecular flexibility index (Phi) is 8.64. The maximum Gasteiger partial charge on any atom is 0.459 e. The van der Waals surface area contributed by atoms with E-state index in [2.05, 4.69) is 11.7 Å². The van der Waals surface area contributed by atoms with Crippen LogP contribution < -0.4 is 20.9 Å². The van der Waals surface area contributed by atoms with Gasteiger partial charge in [0.1, 0.15) is 30.6 Å². The van der Waals surface area contributed by atoms with Crippen LogP contribution in [0.1, 0.15) is 20.1 Å². The highest BCUT2D eigenvalue weighted by Crippen LogP contribution is 2.47. The average Bonchev–Trinajstić information content (AvgIpc) is 3.05. The molecule has 36 heavy (non-hydrogen) atoms. The standard InChI is InChI=1S/C22H27FN3O9P/c1-4-12-32-19(29)14(2)25-36(31,35-15-8-6-5-7-9-15)33-13-16-18(28)22(3,23)20(34-16)26-11-10-17(27)24-21(26)30/h4-11,14,16,18,20,28H,1,12-13H2,2-3H3,(H,25,31)(H,24,27,30)/t14-,16+,18+,20+,22+,36?/m0/s1. The summed E-state index contributed by atoms with van der Waals surface area (Å²) in [5.41, 5.74) is -4.13. The van der Waals surface area contributed by atoms with Gasteiger partial charge in [-0.05, 0) is 26.0 Å². The lowest BCUT2D eigenvalue weighted by atomic mass is 9.98. The minimum absolute atomic E-state index is 0.0712. The number of carbonyl (C=O) groups excluding carboxylic acids is 1. The van der Waals surface area contributed by atoms with Gasteiger partial charge in [0, 0.05) is 12.3 Å². The highest BCUT2D eigenvalue weighted by molar-refractivity contribution is 7.52. The number of alkyl halides is 1. The van der Waals surface area contributed by atoms with E-state index in [1.807, 2.05) is 4.98 Å². The maximum absolute atomic E-state index is 15.4. The van der Waals surface area contributed by atoms with E-state index in [0.717, 1.165) is 23.8 Å². The van der Waals surface area contributed by atoms with Gasteiger partial charge in [-0.15, -0.1) is 0 Å². The van der Waals surface area contributed by atoms with Gasteiger partial charge in [-0.3, -0.25) is 23.7 Å². The van der Waals surface area contributed by atoms with E-state index >= 15 is 4.39 Å². The first-order valence-electron chi connectivity index (χ1n) is 10.9. The Morgan fingerprint density at radius 3 is 2.72 bits per heavy atom. The first-order valence-corrected chi connectivity index (χ1v) is 12.4. The molecule has 1 aromatic heterocycles. The number of nitrogens with one attached hydrogen (secondary N) is 2. The topological polar surface area (TPSA) is 158 Å². The summed E-state index contributed by atoms with van der Waals surface area (Å²) < 4.78 is 51.1. The van der Waals surface area contributed by atoms with E-state index in [1.54, 1.807) is 18.2 Å². The molecule has 1 fully saturated rings. The monoisotopic (exact) mass is 527 g/mol. The quantitative estimate of drug-likeness (QED) is 0.222. The lowest BCUT2D eigenvalue weighted by Crippen LogP contribution is -2.43. The van der Waals surface area contributed by atoms with E-state index in [1.165, 1.54) is 25.1 Å². The second-order valence-corrected chi connectivity index (χ2v) is 9.80. The molecule has 1 aromatic carbocycles. The SMILES string of the molecule is C=CCOC(=O)[C@H](C)NP(=O)(OC[C@H]1O[C@@H](n2ccc(=O)[nH]c2=O)[C@](C)(F)[C@@H]1O)Oc1ccccc1. The molecule has 12 nitrogen and oxygen atoms in total. The smallest absolute Gasteiger partial charge is 0.459 e. The fraction of sp³-hybridized carbons (Fsp3) is 0.409. The Bertz CT molecular complexity index is 1230. The summed E-state index contributed by atoms with van der Waals surface area (Å²) in [6, 6.07) is 7.78. The number of nitrogens with zero attached hydrogens (tertiary/aromatic N) is 1. The molecule has 0 saturated carbocycles. The minimum atomic E-state index is -4.32. The first kappa shape index (κ1) is 27.5. The van der Waals surface area contributed by atoms with Crippen LogP contribution >= 0.6 is 7.75 Å². The number of halogens is 1. The molecule has 2 heterocycles. The largest absolute Gasteiger partial charge is 0.460 e. The van der Waals surface area contributed by atoms with Gasteiger partial charge in [0.2, 0.25) is 0 Å². The zero-order valence-corrected chi connectivity index (χ0v) is 20.4. The molecule has 1 saturated heterocycles. The van der Waals surface area contributed by atoms with Crippen LogP contribution in [0.3, 0.4) is 0 Å². The van der Waals surface area contributed by atoms with Crippen LogP contribution in [0, 0.1) is 0 Å². The molecule has 1 unspecified atom stereocenters. The molecule has 3 rings (SSSR count). The number of hydrogen-bond acceptors (Lipinski definition) is 9. The molecule has 0 radical (unpaired) electrons. The molecule has 196 valence electrons. The number of para-hydroxylation sites is 1. The van der Waals surface area contributed by atoms with Crippen molar-refractivity contribution in [3.05, 3.63) is 76.1 Å². The van der Waals surface area contributed by atoms with Crippen LogP contribution in [-0.2, 0) is 23.4 Å². The maximum atomic E-state index is 15.4. The third kappa shape index (κ3) is 6.37. The highest BCUT2D eigenvalue weighted by Gasteiger charge is 2.55. The number of benzene rings is 1. The van der Waals surface area contributed by atoms with Crippen LogP contribution in [0.4, 0.5) is 4.39 Å². The lowest BCUT2D eigenvalue weighted by molar-refractivity contribution is -0.144. The number of carbonyl (C=O) groups is 1. The highest BCUT2D eigenvalue weighted by atomic mass is 31.2. The Labute approximate surface area is 205 Å². The van der Waals surface area contributed by atoms with Crippen molar-refractivity contribution in [3.63, 3.8) is 0 Å². The molecule has 14 heteroatoms. The van der Waals surface area contributed by atoms with Crippen molar-refractivity contribution in [1.29, 1.82) is 0 Å². The molecule has 0 aliphatic carbocycles. The average molecular weight is 527 g/mol. The lowest BCUT2D eigenvalue weighted by Gasteiger charge is -2.25. The summed E-state index contributed by atoms with van der Waals surface area (Å²) in [4.78, 5) is 37.6. The third-order valence-corrected chi connectivity index (χ3v) is 6.89. The van der Waals surface area contributed by atoms with Crippen molar-refractivity contribution >= 4 is 13.7 Å². The van der Waals surface area contributed by atoms with Gasteiger partial charge in [-0.2, -0.15) is 5.09 Å². The van der Waals surface area contributed by atoms with Crippen LogP contribution in [0.15, 0.2) is 64.8 Å². The molecule has 1 aliphatic heterocycles. The fourth-order valence-electron chi connectivity index (χ4n) is 3.40. The van der Waals surface area contributed by atoms with Gasteiger partial charge in [0.25, 0.3) is 5.56 Å². The number of aliphatic hydroxyl groups excluding tert-OH is 1. The van der Waals surface area contributed by atoms with Crippen molar-refractivity contribution < 1.29 is 37.4 Å². The first-order chi connectivity index (χ1) is 17.0. The predicted octanol–water partition coefficient (Wildman–Crippen LogP) is 1.43. The number of aliphatic hydroxyl groups is 1. The molecule has 2 aromatic rings. The van der Waals surface area contributed by atoms with Crippen molar-refractivity contribution in [1.82, 2.24) is 14.6 Å². The van der Waals surface area contributed by atoms with Gasteiger partial charge in [-0.25, -0.2) is 13.8 Å². The summed E-state index contributed by atoms with van der Waals surface area (Å²) in [6.07, 6.45) is -2.46. The Morgan fingerprint density at radius 1 is 1.39 bits per heavy atom. The molecule has 6 atom stereocenters. The molecule has 0 amide bonds. The second-order valence-electron chi connectivity index (χ2n) is 8.11. The fourth-order valence-corrected chi connectivity index (χ4v) is 4.90. The molecular weight excluding hydrogens is 500 g/mol. The van der Waals surface area contributed by atoms with E-state index in [0.29, 0.717) is 0 Å². The van der Waals surface area contributed by atoms with Gasteiger partial charge in [-0.1, -0.05) is 30.9 Å². The summed E-state index contributed by atoms with van der Waals surface area (Å²) in [7, 11) is -4.32. The van der Waals surface area contributed by atoms with E-state index in [-0.39, 0.29) is 12.4 Å². The third-order valence-electron chi connectivity index (χ3n) is 5.25. The number of rotatable bonds is 11. The van der Waals surface area contributed by atoms with Gasteiger partial charge in [0.15, 0.2) is 11.9 Å². The number of aromatic amines is 1.